The van der Waals surface area contributed by atoms with E-state index in [1.165, 1.54) is 0 Å². The number of rotatable bonds is 6. The fourth-order valence-electron chi connectivity index (χ4n) is 1.72. The molecule has 0 aliphatic heterocycles. The maximum atomic E-state index is 11.9. The van der Waals surface area contributed by atoms with E-state index in [1.54, 1.807) is 7.11 Å². The Bertz CT molecular complexity index is 529. The minimum Gasteiger partial charge on any atom is -0.395 e. The highest BCUT2D eigenvalue weighted by atomic mass is 16.5. The number of anilines is 1. The van der Waals surface area contributed by atoms with Crippen molar-refractivity contribution in [2.24, 2.45) is 0 Å². The van der Waals surface area contributed by atoms with E-state index in [0.717, 1.165) is 16.8 Å². The number of carbonyl (C=O) groups is 1. The van der Waals surface area contributed by atoms with Gasteiger partial charge in [-0.25, -0.2) is 0 Å². The third kappa shape index (κ3) is 6.44. The summed E-state index contributed by atoms with van der Waals surface area (Å²) in [6.45, 7) is 3.96. The van der Waals surface area contributed by atoms with Gasteiger partial charge in [-0.1, -0.05) is 17.9 Å². The van der Waals surface area contributed by atoms with Gasteiger partial charge in [0.2, 0.25) is 5.91 Å². The lowest BCUT2D eigenvalue weighted by Crippen LogP contribution is -2.15. The number of methoxy groups -OCH3 is 1. The van der Waals surface area contributed by atoms with Crippen LogP contribution in [0.25, 0.3) is 0 Å². The van der Waals surface area contributed by atoms with Crippen LogP contribution in [0.5, 0.6) is 0 Å². The highest BCUT2D eigenvalue weighted by molar-refractivity contribution is 5.90. The Hall–Kier alpha value is -1.83. The first-order chi connectivity index (χ1) is 10.1. The molecule has 0 bridgehead atoms. The largest absolute Gasteiger partial charge is 0.395 e. The SMILES string of the molecule is COC(C)CCC(=O)Nc1ccc(C)c(C#CCCO)c1. The molecule has 0 aromatic heterocycles. The topological polar surface area (TPSA) is 58.6 Å². The number of aryl methyl sites for hydroxylation is 1. The number of benzene rings is 1. The number of aliphatic hydroxyl groups excluding tert-OH is 1. The van der Waals surface area contributed by atoms with Crippen molar-refractivity contribution in [2.45, 2.75) is 39.2 Å². The summed E-state index contributed by atoms with van der Waals surface area (Å²) in [5.41, 5.74) is 2.65. The molecule has 4 heteroatoms. The maximum Gasteiger partial charge on any atom is 0.224 e. The van der Waals surface area contributed by atoms with E-state index in [1.807, 2.05) is 32.0 Å². The molecule has 2 N–H and O–H groups in total. The van der Waals surface area contributed by atoms with E-state index < -0.39 is 0 Å². The van der Waals surface area contributed by atoms with E-state index in [0.29, 0.717) is 19.3 Å². The summed E-state index contributed by atoms with van der Waals surface area (Å²) in [4.78, 5) is 11.9. The van der Waals surface area contributed by atoms with Crippen LogP contribution >= 0.6 is 0 Å². The van der Waals surface area contributed by atoms with E-state index >= 15 is 0 Å². The van der Waals surface area contributed by atoms with Crippen molar-refractivity contribution in [1.82, 2.24) is 0 Å². The fraction of sp³-hybridized carbons (Fsp3) is 0.471. The molecule has 21 heavy (non-hydrogen) atoms. The Kier molecular flexibility index (Phi) is 7.52. The summed E-state index contributed by atoms with van der Waals surface area (Å²) in [6.07, 6.45) is 1.64. The van der Waals surface area contributed by atoms with Gasteiger partial charge in [-0.05, 0) is 38.0 Å². The predicted molar refractivity (Wildman–Crippen MR) is 84.1 cm³/mol. The second kappa shape index (κ2) is 9.17. The molecule has 114 valence electrons. The Morgan fingerprint density at radius 2 is 2.24 bits per heavy atom. The lowest BCUT2D eigenvalue weighted by molar-refractivity contribution is -0.116. The molecule has 0 saturated carbocycles. The molecule has 0 aliphatic carbocycles. The van der Waals surface area contributed by atoms with Crippen molar-refractivity contribution in [3.63, 3.8) is 0 Å². The van der Waals surface area contributed by atoms with Crippen molar-refractivity contribution in [3.05, 3.63) is 29.3 Å². The zero-order valence-corrected chi connectivity index (χ0v) is 12.9. The van der Waals surface area contributed by atoms with Crippen molar-refractivity contribution in [1.29, 1.82) is 0 Å². The number of carbonyl (C=O) groups excluding carboxylic acids is 1. The van der Waals surface area contributed by atoms with Crippen LogP contribution in [0.2, 0.25) is 0 Å². The average Bonchev–Trinajstić information content (AvgIpc) is 2.48. The quantitative estimate of drug-likeness (QED) is 0.791. The van der Waals surface area contributed by atoms with E-state index in [9.17, 15) is 4.79 Å². The molecule has 0 saturated heterocycles. The van der Waals surface area contributed by atoms with Crippen LogP contribution in [-0.2, 0) is 9.53 Å². The number of amides is 1. The van der Waals surface area contributed by atoms with Gasteiger partial charge in [0.15, 0.2) is 0 Å². The second-order valence-corrected chi connectivity index (χ2v) is 4.94. The van der Waals surface area contributed by atoms with Crippen molar-refractivity contribution < 1.29 is 14.6 Å². The number of hydrogen-bond donors (Lipinski definition) is 2. The third-order valence-corrected chi connectivity index (χ3v) is 3.16. The van der Waals surface area contributed by atoms with Crippen LogP contribution in [-0.4, -0.2) is 30.8 Å². The standard InChI is InChI=1S/C17H23NO3/c1-13-7-9-16(12-15(13)6-4-5-11-19)18-17(20)10-8-14(2)21-3/h7,9,12,14,19H,5,8,10-11H2,1-3H3,(H,18,20). The molecule has 1 amide bonds. The Labute approximate surface area is 126 Å². The average molecular weight is 289 g/mol. The van der Waals surface area contributed by atoms with Crippen LogP contribution in [0.4, 0.5) is 5.69 Å². The minimum absolute atomic E-state index is 0.0305. The van der Waals surface area contributed by atoms with Crippen LogP contribution in [0, 0.1) is 18.8 Å². The van der Waals surface area contributed by atoms with Gasteiger partial charge >= 0.3 is 0 Å². The lowest BCUT2D eigenvalue weighted by atomic mass is 10.1. The second-order valence-electron chi connectivity index (χ2n) is 4.94. The van der Waals surface area contributed by atoms with E-state index in [4.69, 9.17) is 9.84 Å². The van der Waals surface area contributed by atoms with Crippen molar-refractivity contribution in [2.75, 3.05) is 19.0 Å². The molecule has 1 atom stereocenters. The van der Waals surface area contributed by atoms with Crippen molar-refractivity contribution >= 4 is 11.6 Å². The van der Waals surface area contributed by atoms with E-state index in [-0.39, 0.29) is 18.6 Å². The fourth-order valence-corrected chi connectivity index (χ4v) is 1.72. The number of hydrogen-bond acceptors (Lipinski definition) is 3. The van der Waals surface area contributed by atoms with Gasteiger partial charge in [0, 0.05) is 31.2 Å². The van der Waals surface area contributed by atoms with Crippen LogP contribution in [0.15, 0.2) is 18.2 Å². The number of ether oxygens (including phenoxy) is 1. The monoisotopic (exact) mass is 289 g/mol. The summed E-state index contributed by atoms with van der Waals surface area (Å²) < 4.78 is 5.12. The predicted octanol–water partition coefficient (Wildman–Crippen LogP) is 2.48. The Balaban J connectivity index is 2.66. The molecule has 0 spiro atoms. The number of aliphatic hydroxyl groups is 1. The molecule has 0 heterocycles. The van der Waals surface area contributed by atoms with Gasteiger partial charge in [0.25, 0.3) is 0 Å². The first-order valence-corrected chi connectivity index (χ1v) is 7.10. The van der Waals surface area contributed by atoms with Gasteiger partial charge in [-0.2, -0.15) is 0 Å². The van der Waals surface area contributed by atoms with Crippen molar-refractivity contribution in [3.8, 4) is 11.8 Å². The normalized spacial score (nSPS) is 11.4. The molecule has 0 fully saturated rings. The highest BCUT2D eigenvalue weighted by Crippen LogP contribution is 2.15. The smallest absolute Gasteiger partial charge is 0.224 e. The zero-order valence-electron chi connectivity index (χ0n) is 12.9. The molecule has 1 rings (SSSR count). The molecular formula is C17H23NO3. The van der Waals surface area contributed by atoms with E-state index in [2.05, 4.69) is 17.2 Å². The summed E-state index contributed by atoms with van der Waals surface area (Å²) >= 11 is 0. The molecular weight excluding hydrogens is 266 g/mol. The lowest BCUT2D eigenvalue weighted by Gasteiger charge is -2.10. The van der Waals surface area contributed by atoms with Crippen LogP contribution in [0.1, 0.15) is 37.3 Å². The van der Waals surface area contributed by atoms with Crippen LogP contribution < -0.4 is 5.32 Å². The molecule has 1 aromatic rings. The van der Waals surface area contributed by atoms with Gasteiger partial charge in [-0.15, -0.1) is 0 Å². The summed E-state index contributed by atoms with van der Waals surface area (Å²) in [6, 6.07) is 5.65. The zero-order chi connectivity index (χ0) is 15.7. The first-order valence-electron chi connectivity index (χ1n) is 7.10. The maximum absolute atomic E-state index is 11.9. The third-order valence-electron chi connectivity index (χ3n) is 3.16. The summed E-state index contributed by atoms with van der Waals surface area (Å²) in [5.74, 6) is 5.87. The van der Waals surface area contributed by atoms with Crippen LogP contribution in [0.3, 0.4) is 0 Å². The minimum atomic E-state index is -0.0305. The highest BCUT2D eigenvalue weighted by Gasteiger charge is 2.07. The van der Waals surface area contributed by atoms with Gasteiger partial charge in [-0.3, -0.25) is 4.79 Å². The molecule has 0 aliphatic rings. The Morgan fingerprint density at radius 1 is 1.48 bits per heavy atom. The molecule has 1 aromatic carbocycles. The van der Waals surface area contributed by atoms with Gasteiger partial charge in [0.05, 0.1) is 12.7 Å². The summed E-state index contributed by atoms with van der Waals surface area (Å²) in [7, 11) is 1.64. The Morgan fingerprint density at radius 3 is 2.90 bits per heavy atom. The van der Waals surface area contributed by atoms with Gasteiger partial charge in [0.1, 0.15) is 0 Å². The molecule has 0 radical (unpaired) electrons. The summed E-state index contributed by atoms with van der Waals surface area (Å²) in [5, 5.41) is 11.6. The molecule has 1 unspecified atom stereocenters. The van der Waals surface area contributed by atoms with Gasteiger partial charge < -0.3 is 15.2 Å². The molecule has 4 nitrogen and oxygen atoms in total. The number of nitrogens with one attached hydrogen (secondary N) is 1. The first kappa shape index (κ1) is 17.2.